The number of ether oxygens (including phenoxy) is 1. The monoisotopic (exact) mass is 228 g/mol. The molecule has 0 aromatic rings. The lowest BCUT2D eigenvalue weighted by molar-refractivity contribution is 0.424. The van der Waals surface area contributed by atoms with Crippen LogP contribution in [0.2, 0.25) is 0 Å². The average molecular weight is 228 g/mol. The van der Waals surface area contributed by atoms with Crippen LogP contribution in [0.4, 0.5) is 0 Å². The van der Waals surface area contributed by atoms with Crippen molar-refractivity contribution in [1.29, 1.82) is 0 Å². The number of hydrogen-bond donors (Lipinski definition) is 0. The number of hydrogen-bond acceptors (Lipinski definition) is 5. The fraction of sp³-hybridized carbons (Fsp3) is 1.00. The molecule has 1 heterocycles. The highest BCUT2D eigenvalue weighted by molar-refractivity contribution is 7.96. The van der Waals surface area contributed by atoms with E-state index >= 15 is 0 Å². The second-order valence-electron chi connectivity index (χ2n) is 2.78. The summed E-state index contributed by atoms with van der Waals surface area (Å²) in [7, 11) is -6.74. The van der Waals surface area contributed by atoms with Crippen LogP contribution in [0.5, 0.6) is 0 Å². The molecule has 0 amide bonds. The molecule has 0 aromatic heterocycles. The summed E-state index contributed by atoms with van der Waals surface area (Å²) < 4.78 is 49.2. The molecule has 1 aliphatic heterocycles. The molecule has 0 saturated carbocycles. The summed E-state index contributed by atoms with van der Waals surface area (Å²) in [5.41, 5.74) is -2.25. The molecule has 0 aliphatic carbocycles. The lowest BCUT2D eigenvalue weighted by Crippen LogP contribution is -2.19. The Hall–Kier alpha value is -0.140. The quantitative estimate of drug-likeness (QED) is 0.608. The van der Waals surface area contributed by atoms with Crippen molar-refractivity contribution >= 4 is 19.7 Å². The molecule has 2 atom stereocenters. The first kappa shape index (κ1) is 10.9. The molecule has 7 heteroatoms. The fourth-order valence-electron chi connectivity index (χ4n) is 0.923. The summed E-state index contributed by atoms with van der Waals surface area (Å²) in [5.74, 6) is -0.180. The third-order valence-corrected chi connectivity index (χ3v) is 5.84. The molecule has 13 heavy (non-hydrogen) atoms. The smallest absolute Gasteiger partial charge is 0.200 e. The van der Waals surface area contributed by atoms with Gasteiger partial charge in [0.05, 0.1) is 11.5 Å². The first-order valence-corrected chi connectivity index (χ1v) is 7.37. The zero-order chi connectivity index (χ0) is 10.3. The molecule has 1 saturated heterocycles. The number of sulfone groups is 2. The Morgan fingerprint density at radius 2 is 1.23 bits per heavy atom. The molecule has 78 valence electrons. The predicted octanol–water partition coefficient (Wildman–Crippen LogP) is -0.462. The SMILES string of the molecule is CCS(=O)(=O)C1OC1S(=O)(=O)CC. The maximum atomic E-state index is 11.1. The molecular weight excluding hydrogens is 216 g/mol. The maximum Gasteiger partial charge on any atom is 0.200 e. The van der Waals surface area contributed by atoms with Gasteiger partial charge in [0, 0.05) is 0 Å². The van der Waals surface area contributed by atoms with Gasteiger partial charge >= 0.3 is 0 Å². The van der Waals surface area contributed by atoms with Crippen LogP contribution < -0.4 is 0 Å². The van der Waals surface area contributed by atoms with Gasteiger partial charge in [-0.15, -0.1) is 0 Å². The van der Waals surface area contributed by atoms with Gasteiger partial charge in [0.2, 0.25) is 10.9 Å². The van der Waals surface area contributed by atoms with Crippen molar-refractivity contribution in [2.45, 2.75) is 24.7 Å². The van der Waals surface area contributed by atoms with E-state index in [1.807, 2.05) is 0 Å². The second kappa shape index (κ2) is 3.21. The topological polar surface area (TPSA) is 80.8 Å². The van der Waals surface area contributed by atoms with Gasteiger partial charge < -0.3 is 4.74 Å². The summed E-state index contributed by atoms with van der Waals surface area (Å²) in [5, 5.41) is 0. The molecule has 0 N–H and O–H groups in total. The highest BCUT2D eigenvalue weighted by Crippen LogP contribution is 2.32. The Morgan fingerprint density at radius 3 is 1.46 bits per heavy atom. The van der Waals surface area contributed by atoms with Crippen molar-refractivity contribution in [3.8, 4) is 0 Å². The lowest BCUT2D eigenvalue weighted by atomic mass is 10.9. The average Bonchev–Trinajstić information content (AvgIpc) is 2.84. The zero-order valence-electron chi connectivity index (χ0n) is 7.43. The molecule has 1 fully saturated rings. The van der Waals surface area contributed by atoms with Crippen LogP contribution in [0.15, 0.2) is 0 Å². The van der Waals surface area contributed by atoms with Crippen LogP contribution in [0.25, 0.3) is 0 Å². The van der Waals surface area contributed by atoms with Gasteiger partial charge in [-0.05, 0) is 0 Å². The van der Waals surface area contributed by atoms with E-state index in [-0.39, 0.29) is 11.5 Å². The summed E-state index contributed by atoms with van der Waals surface area (Å²) in [6.07, 6.45) is 0. The molecule has 1 aliphatic rings. The summed E-state index contributed by atoms with van der Waals surface area (Å²) in [6.45, 7) is 2.93. The van der Waals surface area contributed by atoms with E-state index in [0.717, 1.165) is 0 Å². The Kier molecular flexibility index (Phi) is 2.70. The van der Waals surface area contributed by atoms with E-state index in [4.69, 9.17) is 0 Å². The van der Waals surface area contributed by atoms with E-state index in [9.17, 15) is 16.8 Å². The first-order valence-electron chi connectivity index (χ1n) is 3.93. The Bertz CT molecular complexity index is 341. The van der Waals surface area contributed by atoms with Crippen molar-refractivity contribution < 1.29 is 21.6 Å². The van der Waals surface area contributed by atoms with Gasteiger partial charge in [0.25, 0.3) is 0 Å². The Morgan fingerprint density at radius 1 is 0.923 bits per heavy atom. The van der Waals surface area contributed by atoms with Gasteiger partial charge in [0.1, 0.15) is 0 Å². The minimum absolute atomic E-state index is 0.0899. The van der Waals surface area contributed by atoms with E-state index in [0.29, 0.717) is 0 Å². The van der Waals surface area contributed by atoms with Crippen LogP contribution in [0.3, 0.4) is 0 Å². The van der Waals surface area contributed by atoms with Crippen molar-refractivity contribution in [3.63, 3.8) is 0 Å². The van der Waals surface area contributed by atoms with Crippen LogP contribution in [0, 0.1) is 0 Å². The molecular formula is C6H12O5S2. The van der Waals surface area contributed by atoms with Gasteiger partial charge in [-0.2, -0.15) is 0 Å². The van der Waals surface area contributed by atoms with Crippen molar-refractivity contribution in [2.24, 2.45) is 0 Å². The van der Waals surface area contributed by atoms with Crippen LogP contribution in [-0.4, -0.2) is 39.2 Å². The second-order valence-corrected chi connectivity index (χ2v) is 7.51. The molecule has 0 spiro atoms. The molecule has 0 bridgehead atoms. The minimum atomic E-state index is -3.37. The van der Waals surface area contributed by atoms with E-state index in [1.165, 1.54) is 13.8 Å². The highest BCUT2D eigenvalue weighted by Gasteiger charge is 2.55. The van der Waals surface area contributed by atoms with E-state index in [1.54, 1.807) is 0 Å². The largest absolute Gasteiger partial charge is 0.335 e. The van der Waals surface area contributed by atoms with E-state index in [2.05, 4.69) is 4.74 Å². The Balaban J connectivity index is 2.79. The molecule has 5 nitrogen and oxygen atoms in total. The summed E-state index contributed by atoms with van der Waals surface area (Å²) in [6, 6.07) is 0. The third kappa shape index (κ3) is 2.03. The van der Waals surface area contributed by atoms with Crippen LogP contribution in [-0.2, 0) is 24.4 Å². The molecule has 0 aromatic carbocycles. The van der Waals surface area contributed by atoms with E-state index < -0.39 is 30.5 Å². The van der Waals surface area contributed by atoms with Crippen LogP contribution in [0.1, 0.15) is 13.8 Å². The lowest BCUT2D eigenvalue weighted by Gasteiger charge is -1.95. The normalized spacial score (nSPS) is 28.8. The van der Waals surface area contributed by atoms with Gasteiger partial charge in [-0.3, -0.25) is 0 Å². The van der Waals surface area contributed by atoms with Crippen LogP contribution >= 0.6 is 0 Å². The summed E-state index contributed by atoms with van der Waals surface area (Å²) >= 11 is 0. The van der Waals surface area contributed by atoms with Crippen molar-refractivity contribution in [3.05, 3.63) is 0 Å². The molecule has 2 unspecified atom stereocenters. The van der Waals surface area contributed by atoms with Gasteiger partial charge in [-0.1, -0.05) is 13.8 Å². The molecule has 0 radical (unpaired) electrons. The fourth-order valence-corrected chi connectivity index (χ4v) is 3.92. The summed E-state index contributed by atoms with van der Waals surface area (Å²) in [4.78, 5) is 0. The maximum absolute atomic E-state index is 11.1. The molecule has 1 rings (SSSR count). The van der Waals surface area contributed by atoms with Gasteiger partial charge in [0.15, 0.2) is 19.7 Å². The predicted molar refractivity (Wildman–Crippen MR) is 47.6 cm³/mol. The third-order valence-electron chi connectivity index (χ3n) is 1.93. The standard InChI is InChI=1S/C6H12O5S2/c1-3-12(7,8)5-6(11-5)13(9,10)4-2/h5-6H,3-4H2,1-2H3. The minimum Gasteiger partial charge on any atom is -0.335 e. The highest BCUT2D eigenvalue weighted by atomic mass is 32.2. The van der Waals surface area contributed by atoms with Crippen molar-refractivity contribution in [2.75, 3.05) is 11.5 Å². The Labute approximate surface area is 77.9 Å². The number of rotatable bonds is 4. The van der Waals surface area contributed by atoms with Gasteiger partial charge in [-0.25, -0.2) is 16.8 Å². The zero-order valence-corrected chi connectivity index (χ0v) is 9.06. The first-order chi connectivity index (χ1) is 5.85. The van der Waals surface area contributed by atoms with Crippen molar-refractivity contribution in [1.82, 2.24) is 0 Å². The number of epoxide rings is 1.